The summed E-state index contributed by atoms with van der Waals surface area (Å²) in [5, 5.41) is 0.796. The highest BCUT2D eigenvalue weighted by atomic mass is 79.9. The van der Waals surface area contributed by atoms with Crippen molar-refractivity contribution in [3.63, 3.8) is 0 Å². The smallest absolute Gasteiger partial charge is 0.178 e. The lowest BCUT2D eigenvalue weighted by Crippen LogP contribution is -2.29. The highest BCUT2D eigenvalue weighted by Gasteiger charge is 2.38. The van der Waals surface area contributed by atoms with Crippen molar-refractivity contribution in [2.24, 2.45) is 5.41 Å². The summed E-state index contributed by atoms with van der Waals surface area (Å²) >= 11 is 3.54. The van der Waals surface area contributed by atoms with E-state index < -0.39 is 9.84 Å². The predicted octanol–water partition coefficient (Wildman–Crippen LogP) is 3.90. The fourth-order valence-corrected chi connectivity index (χ4v) is 6.65. The van der Waals surface area contributed by atoms with E-state index >= 15 is 0 Å². The standard InChI is InChI=1S/C16H21BrO2S/c17-11-16(8-1-2-9-16)12-20(18,19)15-7-6-13-4-3-5-14(13)10-15/h6-7,10H,1-5,8-9,11-12H2. The molecule has 0 radical (unpaired) electrons. The third-order valence-electron chi connectivity index (χ3n) is 4.87. The Kier molecular flexibility index (Phi) is 3.97. The quantitative estimate of drug-likeness (QED) is 0.766. The number of hydrogen-bond acceptors (Lipinski definition) is 2. The van der Waals surface area contributed by atoms with E-state index in [1.54, 1.807) is 0 Å². The molecule has 1 aromatic rings. The molecule has 0 unspecified atom stereocenters. The Morgan fingerprint density at radius 2 is 1.75 bits per heavy atom. The Morgan fingerprint density at radius 3 is 2.45 bits per heavy atom. The van der Waals surface area contributed by atoms with Gasteiger partial charge in [-0.2, -0.15) is 0 Å². The largest absolute Gasteiger partial charge is 0.224 e. The van der Waals surface area contributed by atoms with Gasteiger partial charge in [0.2, 0.25) is 0 Å². The second kappa shape index (κ2) is 5.45. The summed E-state index contributed by atoms with van der Waals surface area (Å²) in [6.07, 6.45) is 7.66. The first-order valence-electron chi connectivity index (χ1n) is 7.45. The Balaban J connectivity index is 1.88. The minimum Gasteiger partial charge on any atom is -0.224 e. The van der Waals surface area contributed by atoms with Crippen LogP contribution in [0.1, 0.15) is 43.2 Å². The van der Waals surface area contributed by atoms with E-state index in [9.17, 15) is 8.42 Å². The third kappa shape index (κ3) is 2.69. The van der Waals surface area contributed by atoms with Crippen LogP contribution in [0, 0.1) is 5.41 Å². The van der Waals surface area contributed by atoms with E-state index in [2.05, 4.69) is 15.9 Å². The molecule has 1 aromatic carbocycles. The third-order valence-corrected chi connectivity index (χ3v) is 8.03. The first kappa shape index (κ1) is 14.6. The van der Waals surface area contributed by atoms with Gasteiger partial charge in [0, 0.05) is 5.33 Å². The van der Waals surface area contributed by atoms with Gasteiger partial charge in [-0.15, -0.1) is 0 Å². The van der Waals surface area contributed by atoms with Crippen LogP contribution in [0.3, 0.4) is 0 Å². The van der Waals surface area contributed by atoms with Gasteiger partial charge in [-0.05, 0) is 60.8 Å². The average molecular weight is 357 g/mol. The van der Waals surface area contributed by atoms with Gasteiger partial charge >= 0.3 is 0 Å². The van der Waals surface area contributed by atoms with Gasteiger partial charge in [-0.3, -0.25) is 0 Å². The molecule has 2 aliphatic carbocycles. The van der Waals surface area contributed by atoms with Crippen molar-refractivity contribution in [1.82, 2.24) is 0 Å². The Hall–Kier alpha value is -0.350. The monoisotopic (exact) mass is 356 g/mol. The minimum absolute atomic E-state index is 0.0438. The van der Waals surface area contributed by atoms with Crippen molar-refractivity contribution >= 4 is 25.8 Å². The first-order valence-corrected chi connectivity index (χ1v) is 10.2. The molecule has 0 aliphatic heterocycles. The van der Waals surface area contributed by atoms with Crippen molar-refractivity contribution in [3.8, 4) is 0 Å². The second-order valence-corrected chi connectivity index (χ2v) is 8.93. The normalized spacial score (nSPS) is 21.1. The SMILES string of the molecule is O=S(=O)(CC1(CBr)CCCC1)c1ccc2c(c1)CCC2. The molecule has 0 bridgehead atoms. The highest BCUT2D eigenvalue weighted by Crippen LogP contribution is 2.42. The van der Waals surface area contributed by atoms with Gasteiger partial charge in [0.1, 0.15) is 0 Å². The Morgan fingerprint density at radius 1 is 1.05 bits per heavy atom. The molecule has 2 aliphatic rings. The van der Waals surface area contributed by atoms with E-state index in [0.29, 0.717) is 10.6 Å². The molecule has 4 heteroatoms. The fourth-order valence-electron chi connectivity index (χ4n) is 3.67. The number of halogens is 1. The molecule has 1 saturated carbocycles. The average Bonchev–Trinajstić information content (AvgIpc) is 3.06. The number of hydrogen-bond donors (Lipinski definition) is 0. The van der Waals surface area contributed by atoms with E-state index in [1.807, 2.05) is 18.2 Å². The van der Waals surface area contributed by atoms with Gasteiger partial charge in [0.25, 0.3) is 0 Å². The Labute approximate surface area is 130 Å². The van der Waals surface area contributed by atoms with Crippen LogP contribution in [0.5, 0.6) is 0 Å². The zero-order valence-corrected chi connectivity index (χ0v) is 14.1. The lowest BCUT2D eigenvalue weighted by molar-refractivity contribution is 0.394. The zero-order chi connectivity index (χ0) is 14.2. The summed E-state index contributed by atoms with van der Waals surface area (Å²) in [6, 6.07) is 5.76. The van der Waals surface area contributed by atoms with E-state index in [0.717, 1.165) is 50.3 Å². The maximum Gasteiger partial charge on any atom is 0.178 e. The minimum atomic E-state index is -3.17. The molecular formula is C16H21BrO2S. The summed E-state index contributed by atoms with van der Waals surface area (Å²) in [5.41, 5.74) is 2.53. The second-order valence-electron chi connectivity index (χ2n) is 6.38. The Bertz CT molecular complexity index is 601. The molecule has 0 atom stereocenters. The van der Waals surface area contributed by atoms with E-state index in [-0.39, 0.29) is 5.41 Å². The zero-order valence-electron chi connectivity index (χ0n) is 11.7. The molecule has 3 rings (SSSR count). The van der Waals surface area contributed by atoms with Crippen LogP contribution in [-0.4, -0.2) is 19.5 Å². The van der Waals surface area contributed by atoms with Crippen molar-refractivity contribution < 1.29 is 8.42 Å². The van der Waals surface area contributed by atoms with Crippen LogP contribution in [0.2, 0.25) is 0 Å². The van der Waals surface area contributed by atoms with Gasteiger partial charge < -0.3 is 0 Å². The van der Waals surface area contributed by atoms with E-state index in [1.165, 1.54) is 11.1 Å². The molecule has 0 aromatic heterocycles. The van der Waals surface area contributed by atoms with Crippen molar-refractivity contribution in [2.75, 3.05) is 11.1 Å². The van der Waals surface area contributed by atoms with Gasteiger partial charge in [0.15, 0.2) is 9.84 Å². The first-order chi connectivity index (χ1) is 9.55. The summed E-state index contributed by atoms with van der Waals surface area (Å²) in [6.45, 7) is 0. The van der Waals surface area contributed by atoms with Gasteiger partial charge in [-0.1, -0.05) is 34.8 Å². The molecule has 1 fully saturated rings. The van der Waals surface area contributed by atoms with E-state index in [4.69, 9.17) is 0 Å². The number of alkyl halides is 1. The predicted molar refractivity (Wildman–Crippen MR) is 85.2 cm³/mol. The number of sulfone groups is 1. The van der Waals surface area contributed by atoms with Crippen molar-refractivity contribution in [1.29, 1.82) is 0 Å². The van der Waals surface area contributed by atoms with Crippen molar-refractivity contribution in [2.45, 2.75) is 49.8 Å². The molecule has 0 heterocycles. The summed E-state index contributed by atoms with van der Waals surface area (Å²) in [5.74, 6) is 0.296. The molecular weight excluding hydrogens is 336 g/mol. The molecule has 0 spiro atoms. The van der Waals surface area contributed by atoms with Crippen LogP contribution in [0.15, 0.2) is 23.1 Å². The van der Waals surface area contributed by atoms with Gasteiger partial charge in [0.05, 0.1) is 10.6 Å². The lowest BCUT2D eigenvalue weighted by atomic mass is 9.92. The maximum absolute atomic E-state index is 12.7. The molecule has 0 amide bonds. The lowest BCUT2D eigenvalue weighted by Gasteiger charge is -2.26. The number of fused-ring (bicyclic) bond motifs is 1. The van der Waals surface area contributed by atoms with Crippen LogP contribution in [-0.2, 0) is 22.7 Å². The highest BCUT2D eigenvalue weighted by molar-refractivity contribution is 9.09. The summed E-state index contributed by atoms with van der Waals surface area (Å²) in [4.78, 5) is 0.533. The molecule has 0 N–H and O–H groups in total. The molecule has 20 heavy (non-hydrogen) atoms. The van der Waals surface area contributed by atoms with Crippen LogP contribution >= 0.6 is 15.9 Å². The topological polar surface area (TPSA) is 34.1 Å². The molecule has 110 valence electrons. The van der Waals surface area contributed by atoms with Gasteiger partial charge in [-0.25, -0.2) is 8.42 Å². The number of benzene rings is 1. The van der Waals surface area contributed by atoms with Crippen LogP contribution in [0.25, 0.3) is 0 Å². The molecule has 0 saturated heterocycles. The number of aryl methyl sites for hydroxylation is 2. The van der Waals surface area contributed by atoms with Crippen molar-refractivity contribution in [3.05, 3.63) is 29.3 Å². The van der Waals surface area contributed by atoms with Crippen LogP contribution < -0.4 is 0 Å². The molecule has 2 nitrogen and oxygen atoms in total. The van der Waals surface area contributed by atoms with Crippen LogP contribution in [0.4, 0.5) is 0 Å². The fraction of sp³-hybridized carbons (Fsp3) is 0.625. The summed E-state index contributed by atoms with van der Waals surface area (Å²) in [7, 11) is -3.17. The summed E-state index contributed by atoms with van der Waals surface area (Å²) < 4.78 is 25.5. The maximum atomic E-state index is 12.7. The number of rotatable bonds is 4.